The van der Waals surface area contributed by atoms with E-state index in [9.17, 15) is 8.78 Å². The van der Waals surface area contributed by atoms with Crippen LogP contribution in [0.25, 0.3) is 0 Å². The van der Waals surface area contributed by atoms with Gasteiger partial charge in [0.15, 0.2) is 0 Å². The lowest BCUT2D eigenvalue weighted by molar-refractivity contribution is 0.502. The molecule has 2 aromatic rings. The number of likely N-dealkylation sites (N-methyl/N-ethyl adjacent to an activating group) is 1. The summed E-state index contributed by atoms with van der Waals surface area (Å²) in [6.07, 6.45) is 0.619. The van der Waals surface area contributed by atoms with Gasteiger partial charge in [0.25, 0.3) is 0 Å². The van der Waals surface area contributed by atoms with Gasteiger partial charge in [-0.3, -0.25) is 0 Å². The van der Waals surface area contributed by atoms with Gasteiger partial charge in [0.1, 0.15) is 11.6 Å². The number of rotatable bonds is 5. The maximum absolute atomic E-state index is 13.9. The third-order valence-corrected chi connectivity index (χ3v) is 3.39. The standard InChI is InChI=1S/C16H16ClF2N/c1-2-20-16(9-11-3-5-12(17)6-4-11)14-8-7-13(18)10-15(14)19/h3-8,10,16,20H,2,9H2,1H3. The molecule has 0 bridgehead atoms. The first-order valence-corrected chi connectivity index (χ1v) is 6.90. The maximum Gasteiger partial charge on any atom is 0.130 e. The van der Waals surface area contributed by atoms with Crippen LogP contribution in [-0.2, 0) is 6.42 Å². The van der Waals surface area contributed by atoms with Gasteiger partial charge in [0.05, 0.1) is 0 Å². The third-order valence-electron chi connectivity index (χ3n) is 3.14. The van der Waals surface area contributed by atoms with Crippen molar-refractivity contribution in [3.63, 3.8) is 0 Å². The normalized spacial score (nSPS) is 12.4. The zero-order valence-corrected chi connectivity index (χ0v) is 11.9. The minimum Gasteiger partial charge on any atom is -0.310 e. The van der Waals surface area contributed by atoms with Crippen LogP contribution < -0.4 is 5.32 Å². The molecular formula is C16H16ClF2N. The predicted molar refractivity (Wildman–Crippen MR) is 77.9 cm³/mol. The van der Waals surface area contributed by atoms with Crippen molar-refractivity contribution in [2.45, 2.75) is 19.4 Å². The molecular weight excluding hydrogens is 280 g/mol. The van der Waals surface area contributed by atoms with Crippen molar-refractivity contribution in [3.8, 4) is 0 Å². The van der Waals surface area contributed by atoms with Crippen LogP contribution in [0, 0.1) is 11.6 Å². The van der Waals surface area contributed by atoms with Crippen LogP contribution in [0.1, 0.15) is 24.1 Å². The molecule has 0 saturated heterocycles. The first kappa shape index (κ1) is 14.9. The van der Waals surface area contributed by atoms with Gasteiger partial charge in [-0.05, 0) is 36.7 Å². The molecule has 1 N–H and O–H groups in total. The first-order chi connectivity index (χ1) is 9.60. The lowest BCUT2D eigenvalue weighted by atomic mass is 9.98. The second kappa shape index (κ2) is 6.82. The molecule has 0 saturated carbocycles. The lowest BCUT2D eigenvalue weighted by Gasteiger charge is -2.19. The largest absolute Gasteiger partial charge is 0.310 e. The molecule has 1 unspecified atom stereocenters. The molecule has 0 aromatic heterocycles. The van der Waals surface area contributed by atoms with E-state index in [0.29, 0.717) is 23.6 Å². The highest BCUT2D eigenvalue weighted by atomic mass is 35.5. The van der Waals surface area contributed by atoms with Crippen molar-refractivity contribution >= 4 is 11.6 Å². The summed E-state index contributed by atoms with van der Waals surface area (Å²) in [4.78, 5) is 0. The highest BCUT2D eigenvalue weighted by Gasteiger charge is 2.16. The van der Waals surface area contributed by atoms with Gasteiger partial charge >= 0.3 is 0 Å². The molecule has 2 rings (SSSR count). The smallest absolute Gasteiger partial charge is 0.130 e. The van der Waals surface area contributed by atoms with Gasteiger partial charge < -0.3 is 5.32 Å². The number of hydrogen-bond acceptors (Lipinski definition) is 1. The predicted octanol–water partition coefficient (Wildman–Crippen LogP) is 4.51. The van der Waals surface area contributed by atoms with Gasteiger partial charge in [-0.1, -0.05) is 36.7 Å². The van der Waals surface area contributed by atoms with Gasteiger partial charge in [0.2, 0.25) is 0 Å². The van der Waals surface area contributed by atoms with Gasteiger partial charge in [-0.2, -0.15) is 0 Å². The Hall–Kier alpha value is -1.45. The van der Waals surface area contributed by atoms with E-state index in [0.717, 1.165) is 11.6 Å². The zero-order chi connectivity index (χ0) is 14.5. The van der Waals surface area contributed by atoms with Crippen molar-refractivity contribution in [1.82, 2.24) is 5.32 Å². The highest BCUT2D eigenvalue weighted by molar-refractivity contribution is 6.30. The lowest BCUT2D eigenvalue weighted by Crippen LogP contribution is -2.24. The Morgan fingerprint density at radius 3 is 2.40 bits per heavy atom. The van der Waals surface area contributed by atoms with Crippen molar-refractivity contribution in [1.29, 1.82) is 0 Å². The minimum atomic E-state index is -0.562. The summed E-state index contributed by atoms with van der Waals surface area (Å²) in [5, 5.41) is 3.90. The molecule has 0 spiro atoms. The van der Waals surface area contributed by atoms with Crippen LogP contribution in [0.4, 0.5) is 8.78 Å². The summed E-state index contributed by atoms with van der Waals surface area (Å²) < 4.78 is 26.9. The molecule has 0 fully saturated rings. The van der Waals surface area contributed by atoms with E-state index in [2.05, 4.69) is 5.32 Å². The maximum atomic E-state index is 13.9. The molecule has 0 aliphatic carbocycles. The molecule has 20 heavy (non-hydrogen) atoms. The highest BCUT2D eigenvalue weighted by Crippen LogP contribution is 2.23. The van der Waals surface area contributed by atoms with E-state index < -0.39 is 11.6 Å². The van der Waals surface area contributed by atoms with Crippen LogP contribution in [0.3, 0.4) is 0 Å². The zero-order valence-electron chi connectivity index (χ0n) is 11.2. The van der Waals surface area contributed by atoms with Gasteiger partial charge in [-0.15, -0.1) is 0 Å². The quantitative estimate of drug-likeness (QED) is 0.855. The van der Waals surface area contributed by atoms with Crippen molar-refractivity contribution in [2.75, 3.05) is 6.54 Å². The fourth-order valence-electron chi connectivity index (χ4n) is 2.18. The van der Waals surface area contributed by atoms with Gasteiger partial charge in [-0.25, -0.2) is 8.78 Å². The fourth-order valence-corrected chi connectivity index (χ4v) is 2.30. The van der Waals surface area contributed by atoms with E-state index in [1.54, 1.807) is 12.1 Å². The molecule has 1 nitrogen and oxygen atoms in total. The second-order valence-electron chi connectivity index (χ2n) is 4.61. The average molecular weight is 296 g/mol. The summed E-state index contributed by atoms with van der Waals surface area (Å²) in [5.74, 6) is -1.09. The van der Waals surface area contributed by atoms with Crippen LogP contribution in [0.2, 0.25) is 5.02 Å². The molecule has 0 amide bonds. The van der Waals surface area contributed by atoms with E-state index in [4.69, 9.17) is 11.6 Å². The van der Waals surface area contributed by atoms with Gasteiger partial charge in [0, 0.05) is 22.7 Å². The molecule has 0 radical (unpaired) electrons. The molecule has 1 atom stereocenters. The van der Waals surface area contributed by atoms with Crippen LogP contribution in [0.15, 0.2) is 42.5 Å². The van der Waals surface area contributed by atoms with Crippen molar-refractivity contribution in [3.05, 3.63) is 70.2 Å². The minimum absolute atomic E-state index is 0.193. The molecule has 0 heterocycles. The summed E-state index contributed by atoms with van der Waals surface area (Å²) >= 11 is 5.85. The summed E-state index contributed by atoms with van der Waals surface area (Å²) in [6, 6.07) is 10.9. The Kier molecular flexibility index (Phi) is 5.10. The van der Waals surface area contributed by atoms with E-state index in [-0.39, 0.29) is 6.04 Å². The Labute approximate surface area is 122 Å². The second-order valence-corrected chi connectivity index (χ2v) is 5.04. The summed E-state index contributed by atoms with van der Waals surface area (Å²) in [5.41, 5.74) is 1.52. The van der Waals surface area contributed by atoms with Crippen LogP contribution >= 0.6 is 11.6 Å². The van der Waals surface area contributed by atoms with Crippen LogP contribution in [-0.4, -0.2) is 6.54 Å². The molecule has 106 valence electrons. The molecule has 0 aliphatic heterocycles. The molecule has 0 aliphatic rings. The van der Waals surface area contributed by atoms with Crippen molar-refractivity contribution in [2.24, 2.45) is 0 Å². The van der Waals surface area contributed by atoms with Crippen molar-refractivity contribution < 1.29 is 8.78 Å². The van der Waals surface area contributed by atoms with E-state index in [1.807, 2.05) is 19.1 Å². The Morgan fingerprint density at radius 2 is 1.80 bits per heavy atom. The third kappa shape index (κ3) is 3.78. The van der Waals surface area contributed by atoms with E-state index in [1.165, 1.54) is 12.1 Å². The molecule has 2 aromatic carbocycles. The first-order valence-electron chi connectivity index (χ1n) is 6.53. The fraction of sp³-hybridized carbons (Fsp3) is 0.250. The Morgan fingerprint density at radius 1 is 1.10 bits per heavy atom. The number of benzene rings is 2. The number of nitrogens with one attached hydrogen (secondary N) is 1. The Balaban J connectivity index is 2.24. The topological polar surface area (TPSA) is 12.0 Å². The summed E-state index contributed by atoms with van der Waals surface area (Å²) in [6.45, 7) is 2.66. The molecule has 4 heteroatoms. The number of halogens is 3. The van der Waals surface area contributed by atoms with E-state index >= 15 is 0 Å². The number of hydrogen-bond donors (Lipinski definition) is 1. The van der Waals surface area contributed by atoms with Crippen LogP contribution in [0.5, 0.6) is 0 Å². The summed E-state index contributed by atoms with van der Waals surface area (Å²) in [7, 11) is 0. The monoisotopic (exact) mass is 295 g/mol. The Bertz CT molecular complexity index is 569. The average Bonchev–Trinajstić information content (AvgIpc) is 2.41. The SMILES string of the molecule is CCNC(Cc1ccc(Cl)cc1)c1ccc(F)cc1F.